The van der Waals surface area contributed by atoms with Gasteiger partial charge in [0.25, 0.3) is 0 Å². The molecule has 0 radical (unpaired) electrons. The first kappa shape index (κ1) is 11.4. The van der Waals surface area contributed by atoms with Crippen LogP contribution in [0.25, 0.3) is 0 Å². The summed E-state index contributed by atoms with van der Waals surface area (Å²) in [5.74, 6) is -1.16. The molecule has 3 N–H and O–H groups in total. The Balaban J connectivity index is 2.28. The highest BCUT2D eigenvalue weighted by molar-refractivity contribution is 8.00. The van der Waals surface area contributed by atoms with Crippen LogP contribution in [0.3, 0.4) is 0 Å². The second-order valence-corrected chi connectivity index (χ2v) is 4.54. The molecule has 1 aliphatic heterocycles. The fraction of sp³-hybridized carbons (Fsp3) is 0.500. The number of halogens is 1. The number of nitrogens with zero attached hydrogens (tertiary/aromatic N) is 2. The summed E-state index contributed by atoms with van der Waals surface area (Å²) >= 11 is 1.24. The van der Waals surface area contributed by atoms with Crippen LogP contribution < -0.4 is 11.4 Å². The van der Waals surface area contributed by atoms with E-state index in [0.717, 1.165) is 10.8 Å². The van der Waals surface area contributed by atoms with Crippen LogP contribution in [0.2, 0.25) is 0 Å². The SMILES string of the molecule is Nc1nc(=O)n(C2CO[C@@H](CO)S2)cc1F. The molecule has 2 heterocycles. The highest BCUT2D eigenvalue weighted by Gasteiger charge is 2.28. The van der Waals surface area contributed by atoms with Crippen LogP contribution in [0, 0.1) is 5.82 Å². The number of nitrogens with two attached hydrogens (primary N) is 1. The van der Waals surface area contributed by atoms with Crippen LogP contribution in [0.4, 0.5) is 10.2 Å². The topological polar surface area (TPSA) is 90.4 Å². The summed E-state index contributed by atoms with van der Waals surface area (Å²) in [6, 6.07) is 0. The van der Waals surface area contributed by atoms with Gasteiger partial charge in [-0.25, -0.2) is 9.18 Å². The Labute approximate surface area is 94.2 Å². The molecule has 6 nitrogen and oxygen atoms in total. The molecule has 0 saturated carbocycles. The van der Waals surface area contributed by atoms with Gasteiger partial charge in [-0.3, -0.25) is 4.57 Å². The third-order valence-corrected chi connectivity index (χ3v) is 3.39. The maximum atomic E-state index is 13.1. The lowest BCUT2D eigenvalue weighted by molar-refractivity contribution is 0.0802. The predicted octanol–water partition coefficient (Wildman–Crippen LogP) is -0.455. The molecular weight excluding hydrogens is 237 g/mol. The molecule has 1 aromatic heterocycles. The molecule has 88 valence electrons. The number of nitrogen functional groups attached to an aromatic ring is 1. The van der Waals surface area contributed by atoms with Crippen LogP contribution in [-0.2, 0) is 4.74 Å². The number of anilines is 1. The van der Waals surface area contributed by atoms with E-state index >= 15 is 0 Å². The van der Waals surface area contributed by atoms with Crippen molar-refractivity contribution in [2.24, 2.45) is 0 Å². The molecule has 2 rings (SSSR count). The lowest BCUT2D eigenvalue weighted by Gasteiger charge is -2.11. The van der Waals surface area contributed by atoms with E-state index in [2.05, 4.69) is 4.98 Å². The molecule has 0 aliphatic carbocycles. The van der Waals surface area contributed by atoms with Crippen molar-refractivity contribution in [2.45, 2.75) is 10.8 Å². The fourth-order valence-corrected chi connectivity index (χ4v) is 2.38. The molecule has 1 fully saturated rings. The van der Waals surface area contributed by atoms with Crippen LogP contribution in [0.1, 0.15) is 5.37 Å². The van der Waals surface area contributed by atoms with Gasteiger partial charge < -0.3 is 15.6 Å². The largest absolute Gasteiger partial charge is 0.393 e. The zero-order valence-corrected chi connectivity index (χ0v) is 8.98. The van der Waals surface area contributed by atoms with Crippen LogP contribution in [0.5, 0.6) is 0 Å². The summed E-state index contributed by atoms with van der Waals surface area (Å²) in [6.45, 7) is 0.0711. The van der Waals surface area contributed by atoms with Crippen molar-refractivity contribution in [1.82, 2.24) is 9.55 Å². The molecule has 0 amide bonds. The van der Waals surface area contributed by atoms with Gasteiger partial charge in [-0.15, -0.1) is 11.8 Å². The van der Waals surface area contributed by atoms with E-state index in [9.17, 15) is 9.18 Å². The van der Waals surface area contributed by atoms with Gasteiger partial charge in [-0.1, -0.05) is 0 Å². The highest BCUT2D eigenvalue weighted by Crippen LogP contribution is 2.34. The maximum absolute atomic E-state index is 13.1. The van der Waals surface area contributed by atoms with Crippen molar-refractivity contribution in [3.8, 4) is 0 Å². The second kappa shape index (κ2) is 4.40. The molecule has 0 spiro atoms. The standard InChI is InChI=1S/C8H10FN3O3S/c9-4-1-12(8(14)11-7(4)10)5-3-15-6(2-13)16-5/h1,5-6,13H,2-3H2,(H2,10,11,14)/t5?,6-/m1/s1. The number of hydrogen-bond acceptors (Lipinski definition) is 6. The highest BCUT2D eigenvalue weighted by atomic mass is 32.2. The van der Waals surface area contributed by atoms with Crippen molar-refractivity contribution >= 4 is 17.6 Å². The summed E-state index contributed by atoms with van der Waals surface area (Å²) in [5.41, 5.74) is 4.15. The Morgan fingerprint density at radius 2 is 2.56 bits per heavy atom. The molecular formula is C8H10FN3O3S. The average molecular weight is 247 g/mol. The number of aliphatic hydroxyl groups is 1. The quantitative estimate of drug-likeness (QED) is 0.735. The number of ether oxygens (including phenoxy) is 1. The number of rotatable bonds is 2. The van der Waals surface area contributed by atoms with E-state index in [1.54, 1.807) is 0 Å². The van der Waals surface area contributed by atoms with Gasteiger partial charge in [-0.2, -0.15) is 4.98 Å². The predicted molar refractivity (Wildman–Crippen MR) is 56.3 cm³/mol. The molecule has 2 atom stereocenters. The smallest absolute Gasteiger partial charge is 0.350 e. The van der Waals surface area contributed by atoms with Crippen molar-refractivity contribution in [1.29, 1.82) is 0 Å². The Bertz CT molecular complexity index is 453. The van der Waals surface area contributed by atoms with Crippen molar-refractivity contribution in [3.63, 3.8) is 0 Å². The van der Waals surface area contributed by atoms with Gasteiger partial charge in [0, 0.05) is 6.20 Å². The van der Waals surface area contributed by atoms with Gasteiger partial charge in [0.05, 0.1) is 13.2 Å². The maximum Gasteiger partial charge on any atom is 0.350 e. The first-order valence-corrected chi connectivity index (χ1v) is 5.48. The summed E-state index contributed by atoms with van der Waals surface area (Å²) in [6.07, 6.45) is 1.01. The molecule has 1 aliphatic rings. The molecule has 1 saturated heterocycles. The zero-order valence-electron chi connectivity index (χ0n) is 8.17. The third kappa shape index (κ3) is 2.04. The van der Waals surface area contributed by atoms with Gasteiger partial charge >= 0.3 is 5.69 Å². The minimum absolute atomic E-state index is 0.152. The van der Waals surface area contributed by atoms with E-state index in [0.29, 0.717) is 0 Å². The first-order chi connectivity index (χ1) is 7.61. The Morgan fingerprint density at radius 1 is 1.81 bits per heavy atom. The average Bonchev–Trinajstić information content (AvgIpc) is 2.71. The van der Waals surface area contributed by atoms with Gasteiger partial charge in [0.1, 0.15) is 10.8 Å². The Morgan fingerprint density at radius 3 is 3.19 bits per heavy atom. The van der Waals surface area contributed by atoms with E-state index in [-0.39, 0.29) is 18.6 Å². The van der Waals surface area contributed by atoms with Crippen molar-refractivity contribution < 1.29 is 14.2 Å². The lowest BCUT2D eigenvalue weighted by Crippen LogP contribution is -2.27. The van der Waals surface area contributed by atoms with Crippen LogP contribution in [-0.4, -0.2) is 33.3 Å². The fourth-order valence-electron chi connectivity index (χ4n) is 1.35. The van der Waals surface area contributed by atoms with E-state index in [1.165, 1.54) is 11.8 Å². The number of aromatic nitrogens is 2. The van der Waals surface area contributed by atoms with Crippen LogP contribution >= 0.6 is 11.8 Å². The molecule has 1 unspecified atom stereocenters. The van der Waals surface area contributed by atoms with E-state index < -0.39 is 22.8 Å². The Kier molecular flexibility index (Phi) is 3.13. The monoisotopic (exact) mass is 247 g/mol. The summed E-state index contributed by atoms with van der Waals surface area (Å²) in [7, 11) is 0. The Hall–Kier alpha value is -1.12. The minimum atomic E-state index is -0.743. The lowest BCUT2D eigenvalue weighted by atomic mass is 10.5. The zero-order chi connectivity index (χ0) is 11.7. The summed E-state index contributed by atoms with van der Waals surface area (Å²) in [5, 5.41) is 8.47. The minimum Gasteiger partial charge on any atom is -0.393 e. The van der Waals surface area contributed by atoms with E-state index in [4.69, 9.17) is 15.6 Å². The first-order valence-electron chi connectivity index (χ1n) is 4.54. The van der Waals surface area contributed by atoms with Gasteiger partial charge in [-0.05, 0) is 0 Å². The normalized spacial score (nSPS) is 24.9. The molecule has 0 aromatic carbocycles. The third-order valence-electron chi connectivity index (χ3n) is 2.13. The van der Waals surface area contributed by atoms with E-state index in [1.807, 2.05) is 0 Å². The summed E-state index contributed by atoms with van der Waals surface area (Å²) in [4.78, 5) is 14.8. The van der Waals surface area contributed by atoms with Crippen LogP contribution in [0.15, 0.2) is 11.0 Å². The molecule has 8 heteroatoms. The molecule has 1 aromatic rings. The number of hydrogen-bond donors (Lipinski definition) is 2. The van der Waals surface area contributed by atoms with Gasteiger partial charge in [0.2, 0.25) is 0 Å². The number of aliphatic hydroxyl groups excluding tert-OH is 1. The van der Waals surface area contributed by atoms with Gasteiger partial charge in [0.15, 0.2) is 11.6 Å². The molecule has 0 bridgehead atoms. The van der Waals surface area contributed by atoms with Crippen molar-refractivity contribution in [3.05, 3.63) is 22.5 Å². The summed E-state index contributed by atoms with van der Waals surface area (Å²) < 4.78 is 19.4. The number of thioether (sulfide) groups is 1. The second-order valence-electron chi connectivity index (χ2n) is 3.20. The molecule has 16 heavy (non-hydrogen) atoms. The van der Waals surface area contributed by atoms with Crippen molar-refractivity contribution in [2.75, 3.05) is 18.9 Å².